The van der Waals surface area contributed by atoms with E-state index < -0.39 is 0 Å². The summed E-state index contributed by atoms with van der Waals surface area (Å²) in [6.07, 6.45) is 5.20. The number of furan rings is 1. The number of aryl methyl sites for hydroxylation is 1. The summed E-state index contributed by atoms with van der Waals surface area (Å²) in [6.45, 7) is 5.40. The van der Waals surface area contributed by atoms with Crippen LogP contribution in [0.4, 0.5) is 0 Å². The second-order valence-electron chi connectivity index (χ2n) is 5.76. The van der Waals surface area contributed by atoms with Gasteiger partial charge in [-0.3, -0.25) is 0 Å². The van der Waals surface area contributed by atoms with E-state index in [9.17, 15) is 0 Å². The predicted molar refractivity (Wildman–Crippen MR) is 79.3 cm³/mol. The van der Waals surface area contributed by atoms with Gasteiger partial charge in [-0.05, 0) is 50.3 Å². The molecular formula is C17H23NO. The van der Waals surface area contributed by atoms with Gasteiger partial charge in [-0.2, -0.15) is 0 Å². The van der Waals surface area contributed by atoms with Gasteiger partial charge in [0, 0.05) is 5.39 Å². The molecule has 0 amide bonds. The molecular weight excluding hydrogens is 234 g/mol. The first-order valence-electron chi connectivity index (χ1n) is 7.52. The second kappa shape index (κ2) is 5.38. The molecule has 0 saturated heterocycles. The van der Waals surface area contributed by atoms with Gasteiger partial charge in [0.25, 0.3) is 0 Å². The van der Waals surface area contributed by atoms with Gasteiger partial charge in [-0.1, -0.05) is 31.5 Å². The Labute approximate surface area is 115 Å². The van der Waals surface area contributed by atoms with E-state index >= 15 is 0 Å². The van der Waals surface area contributed by atoms with E-state index in [1.54, 1.807) is 0 Å². The molecule has 1 saturated carbocycles. The lowest BCUT2D eigenvalue weighted by Crippen LogP contribution is -2.32. The first-order valence-corrected chi connectivity index (χ1v) is 7.52. The van der Waals surface area contributed by atoms with Gasteiger partial charge in [0.2, 0.25) is 0 Å². The molecule has 1 N–H and O–H groups in total. The maximum absolute atomic E-state index is 6.15. The van der Waals surface area contributed by atoms with E-state index in [1.165, 1.54) is 36.6 Å². The monoisotopic (exact) mass is 257 g/mol. The van der Waals surface area contributed by atoms with Crippen LogP contribution in [0.1, 0.15) is 50.0 Å². The number of hydrogen-bond acceptors (Lipinski definition) is 2. The fraction of sp³-hybridized carbons (Fsp3) is 0.529. The second-order valence-corrected chi connectivity index (χ2v) is 5.76. The van der Waals surface area contributed by atoms with Crippen LogP contribution in [-0.4, -0.2) is 6.54 Å². The van der Waals surface area contributed by atoms with Crippen molar-refractivity contribution >= 4 is 11.0 Å². The number of hydrogen-bond donors (Lipinski definition) is 1. The van der Waals surface area contributed by atoms with E-state index in [4.69, 9.17) is 4.42 Å². The quantitative estimate of drug-likeness (QED) is 0.848. The molecule has 2 heteroatoms. The molecule has 1 unspecified atom stereocenters. The first-order chi connectivity index (χ1) is 9.29. The van der Waals surface area contributed by atoms with Crippen LogP contribution in [0.3, 0.4) is 0 Å². The summed E-state index contributed by atoms with van der Waals surface area (Å²) in [6, 6.07) is 9.00. The zero-order chi connectivity index (χ0) is 13.2. The van der Waals surface area contributed by atoms with Crippen LogP contribution in [0.25, 0.3) is 11.0 Å². The Kier molecular flexibility index (Phi) is 3.61. The molecule has 1 aliphatic rings. The van der Waals surface area contributed by atoms with Gasteiger partial charge in [0.1, 0.15) is 11.3 Å². The number of para-hydroxylation sites is 1. The third kappa shape index (κ3) is 2.42. The van der Waals surface area contributed by atoms with Gasteiger partial charge in [0.15, 0.2) is 0 Å². The minimum atomic E-state index is 0.403. The molecule has 0 spiro atoms. The van der Waals surface area contributed by atoms with E-state index in [-0.39, 0.29) is 0 Å². The van der Waals surface area contributed by atoms with Crippen molar-refractivity contribution in [3.8, 4) is 0 Å². The van der Waals surface area contributed by atoms with Crippen LogP contribution < -0.4 is 5.32 Å². The normalized spacial score (nSPS) is 17.6. The Hall–Kier alpha value is -1.28. The molecule has 1 aliphatic carbocycles. The Bertz CT molecular complexity index is 553. The van der Waals surface area contributed by atoms with E-state index in [0.717, 1.165) is 23.8 Å². The summed E-state index contributed by atoms with van der Waals surface area (Å²) in [5.41, 5.74) is 2.28. The lowest BCUT2D eigenvalue weighted by Gasteiger charge is -2.33. The first kappa shape index (κ1) is 12.7. The van der Waals surface area contributed by atoms with Crippen molar-refractivity contribution in [1.82, 2.24) is 5.32 Å². The molecule has 1 aromatic carbocycles. The molecule has 102 valence electrons. The van der Waals surface area contributed by atoms with Crippen molar-refractivity contribution in [3.05, 3.63) is 35.6 Å². The predicted octanol–water partition coefficient (Wildman–Crippen LogP) is 4.58. The Balaban J connectivity index is 1.92. The fourth-order valence-electron chi connectivity index (χ4n) is 2.95. The number of benzene rings is 1. The molecule has 0 radical (unpaired) electrons. The van der Waals surface area contributed by atoms with Crippen molar-refractivity contribution in [3.63, 3.8) is 0 Å². The molecule has 2 nitrogen and oxygen atoms in total. The van der Waals surface area contributed by atoms with Gasteiger partial charge >= 0.3 is 0 Å². The molecule has 1 atom stereocenters. The van der Waals surface area contributed by atoms with Crippen molar-refractivity contribution in [2.45, 2.75) is 45.6 Å². The third-order valence-corrected chi connectivity index (χ3v) is 4.30. The van der Waals surface area contributed by atoms with E-state index in [2.05, 4.69) is 43.4 Å². The van der Waals surface area contributed by atoms with E-state index in [1.807, 2.05) is 0 Å². The highest BCUT2D eigenvalue weighted by Crippen LogP contribution is 2.39. The van der Waals surface area contributed by atoms with E-state index in [0.29, 0.717) is 6.04 Å². The molecule has 0 aliphatic heterocycles. The molecule has 2 aromatic rings. The van der Waals surface area contributed by atoms with Gasteiger partial charge in [0.05, 0.1) is 6.04 Å². The average molecular weight is 257 g/mol. The van der Waals surface area contributed by atoms with Crippen molar-refractivity contribution in [2.24, 2.45) is 5.92 Å². The van der Waals surface area contributed by atoms with Gasteiger partial charge < -0.3 is 9.73 Å². The Morgan fingerprint density at radius 1 is 1.37 bits per heavy atom. The van der Waals surface area contributed by atoms with Crippen LogP contribution in [0, 0.1) is 12.8 Å². The highest BCUT2D eigenvalue weighted by Gasteiger charge is 2.30. The maximum atomic E-state index is 6.15. The molecule has 1 heterocycles. The average Bonchev–Trinajstić information content (AvgIpc) is 2.77. The lowest BCUT2D eigenvalue weighted by molar-refractivity contribution is 0.210. The highest BCUT2D eigenvalue weighted by atomic mass is 16.3. The molecule has 0 bridgehead atoms. The minimum Gasteiger partial charge on any atom is -0.459 e. The lowest BCUT2D eigenvalue weighted by atomic mass is 9.78. The van der Waals surface area contributed by atoms with Gasteiger partial charge in [-0.25, -0.2) is 0 Å². The fourth-order valence-corrected chi connectivity index (χ4v) is 2.95. The Morgan fingerprint density at radius 2 is 2.21 bits per heavy atom. The minimum absolute atomic E-state index is 0.403. The number of nitrogens with one attached hydrogen (secondary N) is 1. The van der Waals surface area contributed by atoms with Crippen molar-refractivity contribution in [1.29, 1.82) is 0 Å². The molecule has 1 aromatic heterocycles. The standard InChI is InChI=1S/C17H23NO/c1-3-10-18-16(13-7-5-8-13)15-11-14-9-4-6-12(2)17(14)19-15/h4,6,9,11,13,16,18H,3,5,7-8,10H2,1-2H3. The smallest absolute Gasteiger partial charge is 0.137 e. The third-order valence-electron chi connectivity index (χ3n) is 4.30. The summed E-state index contributed by atoms with van der Waals surface area (Å²) >= 11 is 0. The van der Waals surface area contributed by atoms with Crippen LogP contribution >= 0.6 is 0 Å². The maximum Gasteiger partial charge on any atom is 0.137 e. The molecule has 19 heavy (non-hydrogen) atoms. The topological polar surface area (TPSA) is 25.2 Å². The summed E-state index contributed by atoms with van der Waals surface area (Å²) in [4.78, 5) is 0. The summed E-state index contributed by atoms with van der Waals surface area (Å²) in [5.74, 6) is 1.88. The number of rotatable bonds is 5. The summed E-state index contributed by atoms with van der Waals surface area (Å²) in [7, 11) is 0. The van der Waals surface area contributed by atoms with Crippen LogP contribution in [-0.2, 0) is 0 Å². The molecule has 3 rings (SSSR count). The van der Waals surface area contributed by atoms with Gasteiger partial charge in [-0.15, -0.1) is 0 Å². The largest absolute Gasteiger partial charge is 0.459 e. The molecule has 1 fully saturated rings. The van der Waals surface area contributed by atoms with Crippen molar-refractivity contribution in [2.75, 3.05) is 6.54 Å². The van der Waals surface area contributed by atoms with Crippen LogP contribution in [0.5, 0.6) is 0 Å². The summed E-state index contributed by atoms with van der Waals surface area (Å²) < 4.78 is 6.15. The van der Waals surface area contributed by atoms with Crippen LogP contribution in [0.2, 0.25) is 0 Å². The Morgan fingerprint density at radius 3 is 2.84 bits per heavy atom. The zero-order valence-corrected chi connectivity index (χ0v) is 11.9. The SMILES string of the molecule is CCCNC(c1cc2cccc(C)c2o1)C1CCC1. The summed E-state index contributed by atoms with van der Waals surface area (Å²) in [5, 5.41) is 4.91. The number of fused-ring (bicyclic) bond motifs is 1. The van der Waals surface area contributed by atoms with Crippen LogP contribution in [0.15, 0.2) is 28.7 Å². The zero-order valence-electron chi connectivity index (χ0n) is 11.9. The van der Waals surface area contributed by atoms with Crippen molar-refractivity contribution < 1.29 is 4.42 Å². The highest BCUT2D eigenvalue weighted by molar-refractivity contribution is 5.81.